The molecule has 10 heteroatoms. The van der Waals surface area contributed by atoms with Gasteiger partial charge in [0.25, 0.3) is 0 Å². The highest BCUT2D eigenvalue weighted by molar-refractivity contribution is 7.88. The average molecular weight is 407 g/mol. The highest BCUT2D eigenvalue weighted by Crippen LogP contribution is 2.49. The van der Waals surface area contributed by atoms with Crippen LogP contribution in [0.15, 0.2) is 30.6 Å². The van der Waals surface area contributed by atoms with E-state index < -0.39 is 21.3 Å². The summed E-state index contributed by atoms with van der Waals surface area (Å²) in [6.07, 6.45) is 2.78. The predicted molar refractivity (Wildman–Crippen MR) is 99.3 cm³/mol. The molecule has 0 aliphatic carbocycles. The number of halogens is 1. The number of nitrogens with zero attached hydrogens (tertiary/aromatic N) is 5. The van der Waals surface area contributed by atoms with E-state index in [-0.39, 0.29) is 18.2 Å². The maximum Gasteiger partial charge on any atom is 0.227 e. The quantitative estimate of drug-likeness (QED) is 0.731. The summed E-state index contributed by atoms with van der Waals surface area (Å²) in [4.78, 5) is 14.3. The van der Waals surface area contributed by atoms with E-state index in [9.17, 15) is 17.6 Å². The number of hydrogen-bond acceptors (Lipinski definition) is 5. The lowest BCUT2D eigenvalue weighted by molar-refractivity contribution is -0.142. The summed E-state index contributed by atoms with van der Waals surface area (Å²) in [6.45, 7) is 1.50. The van der Waals surface area contributed by atoms with E-state index >= 15 is 0 Å². The van der Waals surface area contributed by atoms with Crippen molar-refractivity contribution in [3.05, 3.63) is 47.8 Å². The molecule has 1 amide bonds. The maximum atomic E-state index is 13.8. The summed E-state index contributed by atoms with van der Waals surface area (Å²) >= 11 is 0. The summed E-state index contributed by atoms with van der Waals surface area (Å²) in [6, 6.07) is 6.23. The number of rotatable bonds is 4. The first-order chi connectivity index (χ1) is 13.2. The van der Waals surface area contributed by atoms with Crippen molar-refractivity contribution in [3.63, 3.8) is 0 Å². The van der Waals surface area contributed by atoms with Gasteiger partial charge in [0.2, 0.25) is 15.9 Å². The number of carbonyl (C=O) groups is 1. The molecule has 0 radical (unpaired) electrons. The monoisotopic (exact) mass is 407 g/mol. The molecule has 1 aromatic carbocycles. The van der Waals surface area contributed by atoms with Gasteiger partial charge >= 0.3 is 0 Å². The Balaban J connectivity index is 1.53. The van der Waals surface area contributed by atoms with Gasteiger partial charge in [-0.15, -0.1) is 10.2 Å². The molecule has 2 aromatic rings. The third-order valence-electron chi connectivity index (χ3n) is 5.81. The predicted octanol–water partition coefficient (Wildman–Crippen LogP) is 0.384. The first-order valence-corrected chi connectivity index (χ1v) is 10.8. The largest absolute Gasteiger partial charge is 0.341 e. The summed E-state index contributed by atoms with van der Waals surface area (Å²) < 4.78 is 41.3. The fourth-order valence-corrected chi connectivity index (χ4v) is 5.18. The molecule has 150 valence electrons. The number of carbonyl (C=O) groups excluding carboxylic acids is 1. The van der Waals surface area contributed by atoms with Crippen molar-refractivity contribution in [2.75, 3.05) is 32.4 Å². The fraction of sp³-hybridized carbons (Fsp3) is 0.500. The second kappa shape index (κ2) is 6.63. The standard InChI is InChI=1S/C18H22FN5O3S/c1-22-12-20-21-17(22)14-8-24(28(2,26)27)11-18(14)9-23(10-18)16(25)7-13-5-3-4-6-15(13)19/h3-6,12,14H,7-11H2,1-2H3. The molecule has 2 aliphatic heterocycles. The molecular formula is C18H22FN5O3S. The molecule has 8 nitrogen and oxygen atoms in total. The van der Waals surface area contributed by atoms with Crippen LogP contribution in [0.2, 0.25) is 0 Å². The van der Waals surface area contributed by atoms with E-state index in [0.29, 0.717) is 37.6 Å². The van der Waals surface area contributed by atoms with Gasteiger partial charge in [0.1, 0.15) is 18.0 Å². The van der Waals surface area contributed by atoms with Gasteiger partial charge in [0.05, 0.1) is 12.7 Å². The second-order valence-electron chi connectivity index (χ2n) is 7.79. The zero-order valence-electron chi connectivity index (χ0n) is 15.7. The van der Waals surface area contributed by atoms with Gasteiger partial charge in [-0.05, 0) is 11.6 Å². The topological polar surface area (TPSA) is 88.4 Å². The van der Waals surface area contributed by atoms with Crippen LogP contribution in [0.1, 0.15) is 17.3 Å². The Kier molecular flexibility index (Phi) is 4.50. The van der Waals surface area contributed by atoms with Crippen molar-refractivity contribution in [2.45, 2.75) is 12.3 Å². The normalized spacial score (nSPS) is 21.8. The minimum absolute atomic E-state index is 0.00677. The average Bonchev–Trinajstić information content (AvgIpc) is 3.18. The maximum absolute atomic E-state index is 13.8. The van der Waals surface area contributed by atoms with Crippen molar-refractivity contribution < 1.29 is 17.6 Å². The minimum Gasteiger partial charge on any atom is -0.341 e. The van der Waals surface area contributed by atoms with E-state index in [4.69, 9.17) is 0 Å². The molecule has 1 spiro atoms. The molecule has 2 aliphatic rings. The number of benzene rings is 1. The number of aromatic nitrogens is 3. The highest BCUT2D eigenvalue weighted by atomic mass is 32.2. The first kappa shape index (κ1) is 19.0. The Morgan fingerprint density at radius 3 is 2.61 bits per heavy atom. The smallest absolute Gasteiger partial charge is 0.227 e. The number of amides is 1. The van der Waals surface area contributed by atoms with Gasteiger partial charge < -0.3 is 9.47 Å². The van der Waals surface area contributed by atoms with Crippen molar-refractivity contribution in [1.82, 2.24) is 24.0 Å². The van der Waals surface area contributed by atoms with E-state index in [2.05, 4.69) is 10.2 Å². The van der Waals surface area contributed by atoms with Gasteiger partial charge in [-0.25, -0.2) is 17.1 Å². The Morgan fingerprint density at radius 2 is 2.00 bits per heavy atom. The summed E-state index contributed by atoms with van der Waals surface area (Å²) in [7, 11) is -1.53. The molecule has 0 saturated carbocycles. The van der Waals surface area contributed by atoms with Crippen LogP contribution in [0.5, 0.6) is 0 Å². The molecule has 4 rings (SSSR count). The third kappa shape index (κ3) is 3.20. The van der Waals surface area contributed by atoms with Gasteiger partial charge in [-0.1, -0.05) is 18.2 Å². The van der Waals surface area contributed by atoms with Crippen LogP contribution >= 0.6 is 0 Å². The molecule has 1 aromatic heterocycles. The molecule has 1 unspecified atom stereocenters. The van der Waals surface area contributed by atoms with Crippen LogP contribution in [0, 0.1) is 11.2 Å². The SMILES string of the molecule is Cn1cnnc1C1CN(S(C)(=O)=O)CC12CN(C(=O)Cc1ccccc1F)C2. The zero-order valence-corrected chi connectivity index (χ0v) is 16.6. The molecular weight excluding hydrogens is 385 g/mol. The molecule has 0 bridgehead atoms. The summed E-state index contributed by atoms with van der Waals surface area (Å²) in [5.41, 5.74) is -0.0307. The molecule has 2 fully saturated rings. The van der Waals surface area contributed by atoms with Crippen LogP contribution < -0.4 is 0 Å². The van der Waals surface area contributed by atoms with Gasteiger partial charge in [-0.2, -0.15) is 0 Å². The Bertz CT molecular complexity index is 1020. The van der Waals surface area contributed by atoms with E-state index in [1.807, 2.05) is 7.05 Å². The van der Waals surface area contributed by atoms with Crippen molar-refractivity contribution in [2.24, 2.45) is 12.5 Å². The van der Waals surface area contributed by atoms with Crippen molar-refractivity contribution in [3.8, 4) is 0 Å². The van der Waals surface area contributed by atoms with Crippen LogP contribution in [0.25, 0.3) is 0 Å². The third-order valence-corrected chi connectivity index (χ3v) is 7.02. The molecule has 3 heterocycles. The molecule has 0 N–H and O–H groups in total. The van der Waals surface area contributed by atoms with Crippen LogP contribution in [-0.4, -0.2) is 70.7 Å². The number of hydrogen-bond donors (Lipinski definition) is 0. The van der Waals surface area contributed by atoms with Crippen LogP contribution in [0.4, 0.5) is 4.39 Å². The van der Waals surface area contributed by atoms with Crippen molar-refractivity contribution >= 4 is 15.9 Å². The lowest BCUT2D eigenvalue weighted by Gasteiger charge is -2.50. The molecule has 28 heavy (non-hydrogen) atoms. The van der Waals surface area contributed by atoms with Gasteiger partial charge in [0, 0.05) is 44.6 Å². The zero-order chi connectivity index (χ0) is 20.1. The lowest BCUT2D eigenvalue weighted by atomic mass is 9.71. The van der Waals surface area contributed by atoms with Crippen LogP contribution in [0.3, 0.4) is 0 Å². The molecule has 2 saturated heterocycles. The van der Waals surface area contributed by atoms with E-state index in [1.54, 1.807) is 34.0 Å². The lowest BCUT2D eigenvalue weighted by Crippen LogP contribution is -2.62. The fourth-order valence-electron chi connectivity index (χ4n) is 4.27. The second-order valence-corrected chi connectivity index (χ2v) is 9.77. The Labute approximate surface area is 163 Å². The van der Waals surface area contributed by atoms with Gasteiger partial charge in [0.15, 0.2) is 0 Å². The summed E-state index contributed by atoms with van der Waals surface area (Å²) in [5, 5.41) is 8.10. The van der Waals surface area contributed by atoms with E-state index in [1.165, 1.54) is 16.6 Å². The van der Waals surface area contributed by atoms with Gasteiger partial charge in [-0.3, -0.25) is 4.79 Å². The first-order valence-electron chi connectivity index (χ1n) is 9.00. The highest BCUT2D eigenvalue weighted by Gasteiger charge is 2.58. The molecule has 1 atom stereocenters. The number of likely N-dealkylation sites (tertiary alicyclic amines) is 1. The van der Waals surface area contributed by atoms with Crippen molar-refractivity contribution in [1.29, 1.82) is 0 Å². The number of sulfonamides is 1. The number of aryl methyl sites for hydroxylation is 1. The van der Waals surface area contributed by atoms with Crippen LogP contribution in [-0.2, 0) is 28.3 Å². The van der Waals surface area contributed by atoms with E-state index in [0.717, 1.165) is 0 Å². The minimum atomic E-state index is -3.36. The Hall–Kier alpha value is -2.33. The Morgan fingerprint density at radius 1 is 1.29 bits per heavy atom. The summed E-state index contributed by atoms with van der Waals surface area (Å²) in [5.74, 6) is 0.0111.